The second kappa shape index (κ2) is 8.34. The van der Waals surface area contributed by atoms with Gasteiger partial charge in [0.25, 0.3) is 0 Å². The standard InChI is InChI=1S/C20H34NO2P/c1-6-18(24(5)11-9-7-8-10-12-24)20(22)21-19-15(2)13-17(23-4)14-16(19)3/h13-14,18,24H,6-12H2,1-5H3,(H,21,22). The number of aryl methyl sites for hydroxylation is 2. The van der Waals surface area contributed by atoms with E-state index in [2.05, 4.69) is 18.9 Å². The summed E-state index contributed by atoms with van der Waals surface area (Å²) in [6, 6.07) is 3.99. The van der Waals surface area contributed by atoms with E-state index in [9.17, 15) is 4.79 Å². The number of carbonyl (C=O) groups is 1. The topological polar surface area (TPSA) is 38.3 Å². The molecule has 1 saturated heterocycles. The fourth-order valence-electron chi connectivity index (χ4n) is 4.33. The number of nitrogens with one attached hydrogen (secondary N) is 1. The molecular weight excluding hydrogens is 317 g/mol. The maximum atomic E-state index is 13.1. The Bertz CT molecular complexity index is 554. The Kier molecular flexibility index (Phi) is 6.69. The summed E-state index contributed by atoms with van der Waals surface area (Å²) >= 11 is 0. The Morgan fingerprint density at radius 1 is 1.17 bits per heavy atom. The van der Waals surface area contributed by atoms with E-state index >= 15 is 0 Å². The summed E-state index contributed by atoms with van der Waals surface area (Å²) in [5.41, 5.74) is 3.33. The van der Waals surface area contributed by atoms with Crippen LogP contribution in [0, 0.1) is 13.8 Å². The molecule has 1 aliphatic rings. The van der Waals surface area contributed by atoms with Crippen molar-refractivity contribution < 1.29 is 9.53 Å². The first-order valence-electron chi connectivity index (χ1n) is 9.37. The summed E-state index contributed by atoms with van der Waals surface area (Å²) in [6.45, 7) is 8.72. The zero-order valence-corrected chi connectivity index (χ0v) is 17.0. The van der Waals surface area contributed by atoms with Crippen LogP contribution in [0.25, 0.3) is 0 Å². The third-order valence-corrected chi connectivity index (χ3v) is 11.1. The number of anilines is 1. The molecule has 0 radical (unpaired) electrons. The Morgan fingerprint density at radius 3 is 2.17 bits per heavy atom. The molecular formula is C20H34NO2P. The molecule has 0 aromatic heterocycles. The molecule has 1 atom stereocenters. The van der Waals surface area contributed by atoms with Crippen LogP contribution in [0.3, 0.4) is 0 Å². The van der Waals surface area contributed by atoms with Gasteiger partial charge >= 0.3 is 147 Å². The molecule has 0 bridgehead atoms. The van der Waals surface area contributed by atoms with Crippen LogP contribution in [0.5, 0.6) is 5.75 Å². The predicted molar refractivity (Wildman–Crippen MR) is 108 cm³/mol. The van der Waals surface area contributed by atoms with E-state index in [0.29, 0.717) is 0 Å². The number of benzene rings is 1. The fraction of sp³-hybridized carbons (Fsp3) is 0.650. The zero-order valence-electron chi connectivity index (χ0n) is 16.0. The van der Waals surface area contributed by atoms with Crippen molar-refractivity contribution in [1.29, 1.82) is 0 Å². The normalized spacial score (nSPS) is 19.9. The van der Waals surface area contributed by atoms with Crippen molar-refractivity contribution in [2.24, 2.45) is 0 Å². The van der Waals surface area contributed by atoms with Crippen molar-refractivity contribution in [2.75, 3.05) is 31.4 Å². The molecule has 136 valence electrons. The van der Waals surface area contributed by atoms with Crippen molar-refractivity contribution >= 4 is 18.9 Å². The second-order valence-corrected chi connectivity index (χ2v) is 12.7. The van der Waals surface area contributed by atoms with Crippen LogP contribution in [0.15, 0.2) is 12.1 Å². The number of carbonyl (C=O) groups excluding carboxylic acids is 1. The van der Waals surface area contributed by atoms with Gasteiger partial charge in [-0.3, -0.25) is 0 Å². The average molecular weight is 351 g/mol. The van der Waals surface area contributed by atoms with Gasteiger partial charge < -0.3 is 0 Å². The van der Waals surface area contributed by atoms with Crippen LogP contribution < -0.4 is 10.1 Å². The van der Waals surface area contributed by atoms with E-state index in [1.165, 1.54) is 38.0 Å². The average Bonchev–Trinajstić information content (AvgIpc) is 2.76. The Labute approximate surface area is 147 Å². The number of hydrogen-bond donors (Lipinski definition) is 1. The second-order valence-electron chi connectivity index (χ2n) is 7.65. The number of ether oxygens (including phenoxy) is 1. The number of amides is 1. The molecule has 1 amide bonds. The first kappa shape index (κ1) is 19.2. The van der Waals surface area contributed by atoms with Gasteiger partial charge in [-0.2, -0.15) is 0 Å². The molecule has 0 saturated carbocycles. The van der Waals surface area contributed by atoms with Crippen molar-refractivity contribution in [3.05, 3.63) is 23.3 Å². The molecule has 1 fully saturated rings. The number of methoxy groups -OCH3 is 1. The molecule has 1 aliphatic heterocycles. The Balaban J connectivity index is 2.20. The van der Waals surface area contributed by atoms with Crippen LogP contribution in [0.1, 0.15) is 50.2 Å². The molecule has 24 heavy (non-hydrogen) atoms. The molecule has 0 aliphatic carbocycles. The van der Waals surface area contributed by atoms with Crippen LogP contribution in [0.4, 0.5) is 5.69 Å². The van der Waals surface area contributed by atoms with Gasteiger partial charge in [-0.05, 0) is 0 Å². The van der Waals surface area contributed by atoms with Gasteiger partial charge in [0.05, 0.1) is 0 Å². The van der Waals surface area contributed by atoms with Crippen molar-refractivity contribution in [3.8, 4) is 5.75 Å². The van der Waals surface area contributed by atoms with Crippen molar-refractivity contribution in [1.82, 2.24) is 0 Å². The third-order valence-electron chi connectivity index (χ3n) is 5.80. The van der Waals surface area contributed by atoms with E-state index in [-0.39, 0.29) is 11.6 Å². The summed E-state index contributed by atoms with van der Waals surface area (Å²) in [6.07, 6.45) is 8.89. The minimum atomic E-state index is -1.52. The summed E-state index contributed by atoms with van der Waals surface area (Å²) in [5.74, 6) is 1.09. The van der Waals surface area contributed by atoms with Gasteiger partial charge in [0.2, 0.25) is 0 Å². The van der Waals surface area contributed by atoms with Gasteiger partial charge in [0.1, 0.15) is 0 Å². The Hall–Kier alpha value is -1.08. The van der Waals surface area contributed by atoms with E-state index in [0.717, 1.165) is 29.0 Å². The first-order chi connectivity index (χ1) is 11.4. The van der Waals surface area contributed by atoms with Crippen LogP contribution in [-0.4, -0.2) is 37.7 Å². The van der Waals surface area contributed by atoms with Crippen molar-refractivity contribution in [2.45, 2.75) is 58.5 Å². The quantitative estimate of drug-likeness (QED) is 0.760. The fourth-order valence-corrected chi connectivity index (χ4v) is 9.08. The minimum absolute atomic E-state index is 0.219. The summed E-state index contributed by atoms with van der Waals surface area (Å²) in [4.78, 5) is 13.1. The molecule has 1 aromatic carbocycles. The zero-order chi connectivity index (χ0) is 17.7. The number of hydrogen-bond acceptors (Lipinski definition) is 2. The van der Waals surface area contributed by atoms with Gasteiger partial charge in [-0.15, -0.1) is 0 Å². The van der Waals surface area contributed by atoms with Gasteiger partial charge in [-0.1, -0.05) is 0 Å². The monoisotopic (exact) mass is 351 g/mol. The molecule has 1 heterocycles. The van der Waals surface area contributed by atoms with Gasteiger partial charge in [0.15, 0.2) is 0 Å². The van der Waals surface area contributed by atoms with Gasteiger partial charge in [-0.25, -0.2) is 0 Å². The maximum absolute atomic E-state index is 13.1. The van der Waals surface area contributed by atoms with E-state index in [1.807, 2.05) is 26.0 Å². The van der Waals surface area contributed by atoms with E-state index in [1.54, 1.807) is 7.11 Å². The van der Waals surface area contributed by atoms with E-state index < -0.39 is 7.26 Å². The van der Waals surface area contributed by atoms with Crippen LogP contribution >= 0.6 is 7.26 Å². The molecule has 3 nitrogen and oxygen atoms in total. The molecule has 1 N–H and O–H groups in total. The first-order valence-corrected chi connectivity index (χ1v) is 12.4. The molecule has 4 heteroatoms. The SMILES string of the molecule is CCC(C(=O)Nc1c(C)cc(OC)cc1C)[PH]1(C)CCCCCC1. The summed E-state index contributed by atoms with van der Waals surface area (Å²) in [7, 11) is 0.156. The molecule has 1 aromatic rings. The van der Waals surface area contributed by atoms with Crippen LogP contribution in [0.2, 0.25) is 0 Å². The van der Waals surface area contributed by atoms with Crippen LogP contribution in [-0.2, 0) is 4.79 Å². The Morgan fingerprint density at radius 2 is 1.71 bits per heavy atom. The molecule has 1 unspecified atom stereocenters. The third kappa shape index (κ3) is 4.30. The van der Waals surface area contributed by atoms with Crippen molar-refractivity contribution in [3.63, 3.8) is 0 Å². The van der Waals surface area contributed by atoms with E-state index in [4.69, 9.17) is 4.74 Å². The molecule has 0 spiro atoms. The number of rotatable bonds is 5. The predicted octanol–water partition coefficient (Wildman–Crippen LogP) is 4.98. The summed E-state index contributed by atoms with van der Waals surface area (Å²) in [5, 5.41) is 3.26. The molecule has 2 rings (SSSR count). The summed E-state index contributed by atoms with van der Waals surface area (Å²) < 4.78 is 5.32. The van der Waals surface area contributed by atoms with Gasteiger partial charge in [0, 0.05) is 0 Å².